The molecule has 5 aliphatic rings. The van der Waals surface area contributed by atoms with Crippen molar-refractivity contribution in [1.82, 2.24) is 9.88 Å². The quantitative estimate of drug-likeness (QED) is 0.203. The van der Waals surface area contributed by atoms with Crippen molar-refractivity contribution < 1.29 is 19.1 Å². The zero-order chi connectivity index (χ0) is 30.0. The summed E-state index contributed by atoms with van der Waals surface area (Å²) < 4.78 is 13.0. The molecule has 8 heteroatoms. The number of carbonyl (C=O) groups is 2. The van der Waals surface area contributed by atoms with E-state index in [1.54, 1.807) is 31.4 Å². The van der Waals surface area contributed by atoms with Crippen LogP contribution in [0.25, 0.3) is 11.8 Å². The minimum absolute atomic E-state index is 0.000187. The van der Waals surface area contributed by atoms with Crippen LogP contribution in [0.1, 0.15) is 61.0 Å². The molecule has 0 atom stereocenters. The summed E-state index contributed by atoms with van der Waals surface area (Å²) in [5.41, 5.74) is 6.15. The van der Waals surface area contributed by atoms with Gasteiger partial charge in [-0.2, -0.15) is 0 Å². The van der Waals surface area contributed by atoms with Gasteiger partial charge in [-0.05, 0) is 135 Å². The Morgan fingerprint density at radius 3 is 2.16 bits per heavy atom. The van der Waals surface area contributed by atoms with Gasteiger partial charge in [0, 0.05) is 23.1 Å². The van der Waals surface area contributed by atoms with Gasteiger partial charge in [-0.3, -0.25) is 14.9 Å². The Hall–Kier alpha value is -3.91. The summed E-state index contributed by atoms with van der Waals surface area (Å²) in [7, 11) is 3.07. The fourth-order valence-corrected chi connectivity index (χ4v) is 9.03. The van der Waals surface area contributed by atoms with Crippen LogP contribution in [0, 0.1) is 31.6 Å². The molecule has 43 heavy (non-hydrogen) atoms. The molecule has 1 N–H and O–H groups in total. The minimum atomic E-state index is -0.525. The van der Waals surface area contributed by atoms with E-state index in [4.69, 9.17) is 21.7 Å². The Morgan fingerprint density at radius 1 is 0.907 bits per heavy atom. The molecule has 0 radical (unpaired) electrons. The number of hydrogen-bond donors (Lipinski definition) is 1. The first-order chi connectivity index (χ1) is 20.7. The Balaban J connectivity index is 1.19. The van der Waals surface area contributed by atoms with E-state index in [0.717, 1.165) is 40.4 Å². The number of nitrogens with one attached hydrogen (secondary N) is 1. The number of anilines is 1. The average molecular weight is 596 g/mol. The van der Waals surface area contributed by atoms with Gasteiger partial charge in [0.15, 0.2) is 5.11 Å². The second-order valence-electron chi connectivity index (χ2n) is 12.9. The first-order valence-electron chi connectivity index (χ1n) is 15.1. The highest BCUT2D eigenvalue weighted by molar-refractivity contribution is 7.80. The normalized spacial score (nSPS) is 27.2. The zero-order valence-corrected chi connectivity index (χ0v) is 25.9. The largest absolute Gasteiger partial charge is 0.497 e. The van der Waals surface area contributed by atoms with Gasteiger partial charge < -0.3 is 14.0 Å². The maximum absolute atomic E-state index is 13.8. The minimum Gasteiger partial charge on any atom is -0.497 e. The molecule has 8 rings (SSSR count). The zero-order valence-electron chi connectivity index (χ0n) is 25.1. The first kappa shape index (κ1) is 27.9. The van der Waals surface area contributed by atoms with Gasteiger partial charge in [0.25, 0.3) is 11.8 Å². The number of hydrogen-bond acceptors (Lipinski definition) is 5. The van der Waals surface area contributed by atoms with E-state index in [-0.39, 0.29) is 10.7 Å². The molecule has 3 aromatic rings. The van der Waals surface area contributed by atoms with Crippen LogP contribution < -0.4 is 19.7 Å². The highest BCUT2D eigenvalue weighted by Crippen LogP contribution is 2.60. The molecular formula is C35H37N3O4S. The van der Waals surface area contributed by atoms with Crippen molar-refractivity contribution in [3.05, 3.63) is 76.6 Å². The lowest BCUT2D eigenvalue weighted by molar-refractivity contribution is -0.122. The van der Waals surface area contributed by atoms with Crippen LogP contribution in [0.4, 0.5) is 5.69 Å². The summed E-state index contributed by atoms with van der Waals surface area (Å²) in [6, 6.07) is 16.3. The van der Waals surface area contributed by atoms with E-state index in [0.29, 0.717) is 22.6 Å². The van der Waals surface area contributed by atoms with E-state index in [9.17, 15) is 9.59 Å². The van der Waals surface area contributed by atoms with Gasteiger partial charge in [-0.15, -0.1) is 0 Å². The fourth-order valence-electron chi connectivity index (χ4n) is 8.76. The van der Waals surface area contributed by atoms with Gasteiger partial charge >= 0.3 is 0 Å². The summed E-state index contributed by atoms with van der Waals surface area (Å²) in [5.74, 6) is 2.67. The fraction of sp³-hybridized carbons (Fsp3) is 0.400. The Morgan fingerprint density at radius 2 is 1.56 bits per heavy atom. The van der Waals surface area contributed by atoms with Crippen LogP contribution in [0.3, 0.4) is 0 Å². The Labute approximate surface area is 257 Å². The van der Waals surface area contributed by atoms with Crippen molar-refractivity contribution in [2.75, 3.05) is 19.1 Å². The molecule has 5 fully saturated rings. The number of amides is 2. The number of benzene rings is 2. The Bertz CT molecular complexity index is 1650. The number of aryl methyl sites for hydroxylation is 1. The summed E-state index contributed by atoms with van der Waals surface area (Å²) >= 11 is 5.41. The van der Waals surface area contributed by atoms with Crippen molar-refractivity contribution in [3.8, 4) is 17.2 Å². The van der Waals surface area contributed by atoms with E-state index in [1.807, 2.05) is 13.0 Å². The summed E-state index contributed by atoms with van der Waals surface area (Å²) in [6.45, 7) is 4.07. The lowest BCUT2D eigenvalue weighted by Crippen LogP contribution is -2.54. The van der Waals surface area contributed by atoms with Gasteiger partial charge in [-0.25, -0.2) is 4.90 Å². The molecule has 2 amide bonds. The number of nitrogens with zero attached hydrogens (tertiary/aromatic N) is 2. The maximum atomic E-state index is 13.8. The second-order valence-corrected chi connectivity index (χ2v) is 13.3. The van der Waals surface area contributed by atoms with Crippen molar-refractivity contribution in [2.24, 2.45) is 17.8 Å². The molecule has 4 aliphatic carbocycles. The monoisotopic (exact) mass is 595 g/mol. The molecule has 1 aliphatic heterocycles. The summed E-state index contributed by atoms with van der Waals surface area (Å²) in [6.07, 6.45) is 10.0. The third kappa shape index (κ3) is 4.58. The van der Waals surface area contributed by atoms with E-state index < -0.39 is 11.8 Å². The topological polar surface area (TPSA) is 72.8 Å². The lowest BCUT2D eigenvalue weighted by atomic mass is 9.48. The SMILES string of the molecule is COc1ccc(N2C(=O)/C(=C/c3cc(C)n(-c4ccc(C56CC7CC(CC(C7)C5)C6)cc4)c3C)C(=O)NC2=S)c(OC)c1. The third-order valence-electron chi connectivity index (χ3n) is 10.3. The van der Waals surface area contributed by atoms with Crippen LogP contribution in [0.5, 0.6) is 11.5 Å². The van der Waals surface area contributed by atoms with Crippen LogP contribution in [-0.2, 0) is 15.0 Å². The van der Waals surface area contributed by atoms with Gasteiger partial charge in [-0.1, -0.05) is 12.1 Å². The standard InChI is InChI=1S/C35H37N3O4S/c1-20-11-25(15-29-32(39)36-34(43)38(33(29)40)30-10-9-28(41-3)16-31(30)42-4)21(2)37(20)27-7-5-26(6-8-27)35-17-22-12-23(18-35)14-24(13-22)19-35/h5-11,15-16,22-24H,12-14,17-19H2,1-4H3,(H,36,39,43)/b29-15+. The van der Waals surface area contributed by atoms with Gasteiger partial charge in [0.05, 0.1) is 19.9 Å². The summed E-state index contributed by atoms with van der Waals surface area (Å²) in [5, 5.41) is 2.68. The molecule has 2 aromatic carbocycles. The highest BCUT2D eigenvalue weighted by atomic mass is 32.1. The van der Waals surface area contributed by atoms with Crippen LogP contribution >= 0.6 is 12.2 Å². The molecule has 4 bridgehead atoms. The number of methoxy groups -OCH3 is 2. The predicted molar refractivity (Wildman–Crippen MR) is 171 cm³/mol. The van der Waals surface area contributed by atoms with E-state index in [2.05, 4.69) is 41.1 Å². The molecule has 2 heterocycles. The van der Waals surface area contributed by atoms with E-state index in [1.165, 1.54) is 56.1 Å². The molecule has 1 saturated heterocycles. The average Bonchev–Trinajstić information content (AvgIpc) is 3.26. The number of aromatic nitrogens is 1. The number of rotatable bonds is 6. The number of thiocarbonyl (C=S) groups is 1. The number of carbonyl (C=O) groups excluding carboxylic acids is 2. The number of ether oxygens (including phenoxy) is 2. The van der Waals surface area contributed by atoms with Crippen molar-refractivity contribution >= 4 is 40.9 Å². The highest BCUT2D eigenvalue weighted by Gasteiger charge is 2.51. The molecular weight excluding hydrogens is 558 g/mol. The predicted octanol–water partition coefficient (Wildman–Crippen LogP) is 6.41. The molecule has 0 spiro atoms. The third-order valence-corrected chi connectivity index (χ3v) is 10.6. The maximum Gasteiger partial charge on any atom is 0.270 e. The van der Waals surface area contributed by atoms with Crippen molar-refractivity contribution in [3.63, 3.8) is 0 Å². The van der Waals surface area contributed by atoms with E-state index >= 15 is 0 Å². The van der Waals surface area contributed by atoms with Gasteiger partial charge in [0.1, 0.15) is 17.1 Å². The van der Waals surface area contributed by atoms with Crippen LogP contribution in [0.15, 0.2) is 54.1 Å². The smallest absolute Gasteiger partial charge is 0.270 e. The van der Waals surface area contributed by atoms with Crippen LogP contribution in [0.2, 0.25) is 0 Å². The first-order valence-corrected chi connectivity index (χ1v) is 15.5. The molecule has 1 aromatic heterocycles. The molecule has 0 unspecified atom stereocenters. The van der Waals surface area contributed by atoms with Crippen LogP contribution in [-0.4, -0.2) is 35.7 Å². The molecule has 4 saturated carbocycles. The van der Waals surface area contributed by atoms with Crippen molar-refractivity contribution in [1.29, 1.82) is 0 Å². The molecule has 222 valence electrons. The lowest BCUT2D eigenvalue weighted by Gasteiger charge is -2.57. The second kappa shape index (κ2) is 10.4. The molecule has 7 nitrogen and oxygen atoms in total. The Kier molecular flexibility index (Phi) is 6.73. The summed E-state index contributed by atoms with van der Waals surface area (Å²) in [4.78, 5) is 28.1. The van der Waals surface area contributed by atoms with Crippen molar-refractivity contribution in [2.45, 2.75) is 57.8 Å². The van der Waals surface area contributed by atoms with Gasteiger partial charge in [0.2, 0.25) is 0 Å².